The fraction of sp³-hybridized carbons (Fsp3) is 0.417. The van der Waals surface area contributed by atoms with Gasteiger partial charge in [-0.1, -0.05) is 6.92 Å². The summed E-state index contributed by atoms with van der Waals surface area (Å²) in [6.45, 7) is 2.28. The smallest absolute Gasteiger partial charge is 0.151 e. The van der Waals surface area contributed by atoms with Crippen LogP contribution in [0.3, 0.4) is 0 Å². The van der Waals surface area contributed by atoms with E-state index in [0.29, 0.717) is 5.92 Å². The number of hydrogen-bond donors (Lipinski definition) is 0. The molecule has 15 heavy (non-hydrogen) atoms. The van der Waals surface area contributed by atoms with Crippen molar-refractivity contribution in [2.45, 2.75) is 32.1 Å². The SMILES string of the molecule is CC1CCCc2c1nc1c(Br)cccn21. The highest BCUT2D eigenvalue weighted by Crippen LogP contribution is 2.32. The molecule has 0 aromatic carbocycles. The summed E-state index contributed by atoms with van der Waals surface area (Å²) in [4.78, 5) is 4.75. The van der Waals surface area contributed by atoms with Crippen LogP contribution >= 0.6 is 15.9 Å². The van der Waals surface area contributed by atoms with Gasteiger partial charge in [0.25, 0.3) is 0 Å². The predicted molar refractivity (Wildman–Crippen MR) is 64.2 cm³/mol. The lowest BCUT2D eigenvalue weighted by molar-refractivity contribution is 0.570. The summed E-state index contributed by atoms with van der Waals surface area (Å²) in [6, 6.07) is 4.12. The van der Waals surface area contributed by atoms with Crippen LogP contribution in [0.4, 0.5) is 0 Å². The van der Waals surface area contributed by atoms with E-state index in [9.17, 15) is 0 Å². The molecular formula is C12H13BrN2. The minimum absolute atomic E-state index is 0.612. The standard InChI is InChI=1S/C12H13BrN2/c1-8-4-2-6-10-11(8)14-12-9(13)5-3-7-15(10)12/h3,5,7-8H,2,4,6H2,1H3. The third kappa shape index (κ3) is 1.33. The quantitative estimate of drug-likeness (QED) is 0.712. The molecule has 0 saturated heterocycles. The van der Waals surface area contributed by atoms with Crippen molar-refractivity contribution in [3.05, 3.63) is 34.2 Å². The fourth-order valence-electron chi connectivity index (χ4n) is 2.46. The zero-order valence-electron chi connectivity index (χ0n) is 8.70. The van der Waals surface area contributed by atoms with Gasteiger partial charge in [-0.15, -0.1) is 0 Å². The number of rotatable bonds is 0. The van der Waals surface area contributed by atoms with Crippen LogP contribution in [0.2, 0.25) is 0 Å². The Kier molecular flexibility index (Phi) is 2.09. The number of halogens is 1. The molecule has 3 heteroatoms. The number of fused-ring (bicyclic) bond motifs is 3. The van der Waals surface area contributed by atoms with Crippen LogP contribution in [0.5, 0.6) is 0 Å². The number of hydrogen-bond acceptors (Lipinski definition) is 1. The highest BCUT2D eigenvalue weighted by Gasteiger charge is 2.22. The predicted octanol–water partition coefficient (Wildman–Crippen LogP) is 3.54. The van der Waals surface area contributed by atoms with Gasteiger partial charge in [-0.2, -0.15) is 0 Å². The highest BCUT2D eigenvalue weighted by molar-refractivity contribution is 9.10. The molecule has 0 amide bonds. The van der Waals surface area contributed by atoms with Crippen LogP contribution in [0.25, 0.3) is 5.65 Å². The van der Waals surface area contributed by atoms with Crippen LogP contribution in [-0.2, 0) is 6.42 Å². The first-order valence-corrected chi connectivity index (χ1v) is 6.22. The summed E-state index contributed by atoms with van der Waals surface area (Å²) in [5, 5.41) is 0. The van der Waals surface area contributed by atoms with Gasteiger partial charge in [0.05, 0.1) is 10.2 Å². The highest BCUT2D eigenvalue weighted by atomic mass is 79.9. The van der Waals surface area contributed by atoms with Crippen molar-refractivity contribution in [2.75, 3.05) is 0 Å². The Hall–Kier alpha value is -0.830. The topological polar surface area (TPSA) is 17.3 Å². The van der Waals surface area contributed by atoms with E-state index < -0.39 is 0 Å². The lowest BCUT2D eigenvalue weighted by atomic mass is 9.91. The Morgan fingerprint density at radius 2 is 2.40 bits per heavy atom. The number of nitrogens with zero attached hydrogens (tertiary/aromatic N) is 2. The molecule has 0 fully saturated rings. The lowest BCUT2D eigenvalue weighted by Gasteiger charge is -2.17. The van der Waals surface area contributed by atoms with Gasteiger partial charge in [-0.3, -0.25) is 0 Å². The molecule has 3 rings (SSSR count). The van der Waals surface area contributed by atoms with Crippen LogP contribution in [0.15, 0.2) is 22.8 Å². The van der Waals surface area contributed by atoms with Crippen molar-refractivity contribution >= 4 is 21.6 Å². The average molecular weight is 265 g/mol. The molecule has 1 unspecified atom stereocenters. The molecule has 1 aliphatic rings. The Balaban J connectivity index is 2.35. The average Bonchev–Trinajstić information content (AvgIpc) is 2.60. The Bertz CT molecular complexity index is 516. The Morgan fingerprint density at radius 1 is 1.53 bits per heavy atom. The second kappa shape index (κ2) is 3.34. The van der Waals surface area contributed by atoms with Gasteiger partial charge in [0.15, 0.2) is 5.65 Å². The molecule has 0 spiro atoms. The van der Waals surface area contributed by atoms with Crippen molar-refractivity contribution in [2.24, 2.45) is 0 Å². The van der Waals surface area contributed by atoms with Crippen LogP contribution in [0, 0.1) is 0 Å². The summed E-state index contributed by atoms with van der Waals surface area (Å²) >= 11 is 3.56. The van der Waals surface area contributed by atoms with Gasteiger partial charge < -0.3 is 4.40 Å². The monoisotopic (exact) mass is 264 g/mol. The first kappa shape index (κ1) is 9.40. The van der Waals surface area contributed by atoms with Crippen molar-refractivity contribution in [1.29, 1.82) is 0 Å². The molecule has 1 atom stereocenters. The van der Waals surface area contributed by atoms with Gasteiger partial charge in [0.2, 0.25) is 0 Å². The fourth-order valence-corrected chi connectivity index (χ4v) is 2.89. The second-order valence-corrected chi connectivity index (χ2v) is 5.14. The molecule has 2 heterocycles. The zero-order chi connectivity index (χ0) is 10.4. The molecule has 0 saturated carbocycles. The van der Waals surface area contributed by atoms with E-state index >= 15 is 0 Å². The van der Waals surface area contributed by atoms with Crippen molar-refractivity contribution < 1.29 is 0 Å². The third-order valence-corrected chi connectivity index (χ3v) is 3.87. The van der Waals surface area contributed by atoms with E-state index in [1.54, 1.807) is 0 Å². The Labute approximate surface area is 97.5 Å². The summed E-state index contributed by atoms with van der Waals surface area (Å²) in [5.41, 5.74) is 3.77. The summed E-state index contributed by atoms with van der Waals surface area (Å²) in [6.07, 6.45) is 5.84. The zero-order valence-corrected chi connectivity index (χ0v) is 10.3. The van der Waals surface area contributed by atoms with E-state index in [1.165, 1.54) is 24.2 Å². The summed E-state index contributed by atoms with van der Waals surface area (Å²) in [5.74, 6) is 0.612. The maximum Gasteiger partial charge on any atom is 0.151 e. The molecule has 0 N–H and O–H groups in total. The van der Waals surface area contributed by atoms with Gasteiger partial charge in [-0.25, -0.2) is 4.98 Å². The van der Waals surface area contributed by atoms with Gasteiger partial charge >= 0.3 is 0 Å². The molecule has 0 aliphatic heterocycles. The molecule has 0 radical (unpaired) electrons. The molecule has 0 bridgehead atoms. The van der Waals surface area contributed by atoms with E-state index in [2.05, 4.69) is 45.6 Å². The second-order valence-electron chi connectivity index (χ2n) is 4.29. The maximum absolute atomic E-state index is 4.75. The number of aryl methyl sites for hydroxylation is 1. The molecule has 78 valence electrons. The van der Waals surface area contributed by atoms with E-state index in [4.69, 9.17) is 4.98 Å². The van der Waals surface area contributed by atoms with Crippen molar-refractivity contribution in [1.82, 2.24) is 9.38 Å². The summed E-state index contributed by atoms with van der Waals surface area (Å²) in [7, 11) is 0. The maximum atomic E-state index is 4.75. The minimum atomic E-state index is 0.612. The van der Waals surface area contributed by atoms with Crippen molar-refractivity contribution in [3.8, 4) is 0 Å². The van der Waals surface area contributed by atoms with Crippen molar-refractivity contribution in [3.63, 3.8) is 0 Å². The first-order valence-electron chi connectivity index (χ1n) is 5.42. The van der Waals surface area contributed by atoms with Gasteiger partial charge in [0.1, 0.15) is 0 Å². The number of aromatic nitrogens is 2. The molecule has 2 nitrogen and oxygen atoms in total. The van der Waals surface area contributed by atoms with Gasteiger partial charge in [-0.05, 0) is 47.3 Å². The van der Waals surface area contributed by atoms with E-state index in [0.717, 1.165) is 16.5 Å². The lowest BCUT2D eigenvalue weighted by Crippen LogP contribution is -2.07. The number of pyridine rings is 1. The largest absolute Gasteiger partial charge is 0.303 e. The van der Waals surface area contributed by atoms with Crippen LogP contribution in [-0.4, -0.2) is 9.38 Å². The van der Waals surface area contributed by atoms with Crippen LogP contribution < -0.4 is 0 Å². The Morgan fingerprint density at radius 3 is 3.27 bits per heavy atom. The third-order valence-electron chi connectivity index (χ3n) is 3.25. The number of imidazole rings is 1. The normalized spacial score (nSPS) is 20.5. The van der Waals surface area contributed by atoms with Gasteiger partial charge in [0, 0.05) is 17.8 Å². The molecule has 1 aliphatic carbocycles. The molecular weight excluding hydrogens is 252 g/mol. The molecule has 2 aromatic rings. The van der Waals surface area contributed by atoms with E-state index in [-0.39, 0.29) is 0 Å². The van der Waals surface area contributed by atoms with Crippen LogP contribution in [0.1, 0.15) is 37.1 Å². The summed E-state index contributed by atoms with van der Waals surface area (Å²) < 4.78 is 3.32. The first-order chi connectivity index (χ1) is 7.27. The minimum Gasteiger partial charge on any atom is -0.303 e. The molecule has 2 aromatic heterocycles. The van der Waals surface area contributed by atoms with E-state index in [1.807, 2.05) is 0 Å².